The maximum atomic E-state index is 5.40. The zero-order chi connectivity index (χ0) is 7.56. The van der Waals surface area contributed by atoms with Crippen molar-refractivity contribution in [1.29, 1.82) is 0 Å². The van der Waals surface area contributed by atoms with Crippen molar-refractivity contribution in [2.24, 2.45) is 0 Å². The van der Waals surface area contributed by atoms with Crippen LogP contribution < -0.4 is 5.73 Å². The van der Waals surface area contributed by atoms with Crippen molar-refractivity contribution in [3.8, 4) is 0 Å². The molecule has 0 aliphatic carbocycles. The van der Waals surface area contributed by atoms with Crippen molar-refractivity contribution < 1.29 is 21.1 Å². The summed E-state index contributed by atoms with van der Waals surface area (Å²) in [6.07, 6.45) is 2.77. The second-order valence-corrected chi connectivity index (χ2v) is 2.49. The van der Waals surface area contributed by atoms with Crippen LogP contribution in [-0.2, 0) is 21.1 Å². The Morgan fingerprint density at radius 2 is 2.18 bits per heavy atom. The summed E-state index contributed by atoms with van der Waals surface area (Å²) in [6, 6.07) is 1.79. The number of nitrogens with zero attached hydrogens (tertiary/aromatic N) is 2. The number of aromatic nitrogens is 2. The molecule has 1 rings (SSSR count). The molecule has 0 bridgehead atoms. The molecule has 3 nitrogen and oxygen atoms in total. The predicted octanol–water partition coefficient (Wildman–Crippen LogP) is 0.980. The van der Waals surface area contributed by atoms with Gasteiger partial charge in [-0.1, -0.05) is 19.8 Å². The van der Waals surface area contributed by atoms with E-state index in [1.165, 1.54) is 0 Å². The van der Waals surface area contributed by atoms with E-state index in [0.29, 0.717) is 11.7 Å². The second kappa shape index (κ2) is 4.45. The molecule has 1 aromatic rings. The number of rotatable bonds is 1. The van der Waals surface area contributed by atoms with Gasteiger partial charge >= 0.3 is 0 Å². The minimum absolute atomic E-state index is 0. The summed E-state index contributed by atoms with van der Waals surface area (Å²) >= 11 is 0. The van der Waals surface area contributed by atoms with Crippen molar-refractivity contribution in [2.75, 3.05) is 5.73 Å². The summed E-state index contributed by atoms with van der Waals surface area (Å²) in [7, 11) is 0. The first-order chi connectivity index (χ1) is 4.70. The van der Waals surface area contributed by atoms with Gasteiger partial charge in [-0.15, -0.1) is 6.20 Å². The number of hydrogen-bond acceptors (Lipinski definition) is 3. The molecule has 0 radical (unpaired) electrons. The molecule has 0 aliphatic rings. The molecule has 60 valence electrons. The van der Waals surface area contributed by atoms with Gasteiger partial charge in [0.1, 0.15) is 0 Å². The molecule has 1 aromatic heterocycles. The maximum Gasteiger partial charge on any atom is 0.0616 e. The molecular formula is C7H10N3W-. The van der Waals surface area contributed by atoms with Gasteiger partial charge in [-0.3, -0.25) is 5.10 Å². The largest absolute Gasteiger partial charge is 0.397 e. The Bertz CT molecular complexity index is 225. The fraction of sp³-hybridized carbons (Fsp3) is 0.429. The first-order valence-electron chi connectivity index (χ1n) is 3.21. The van der Waals surface area contributed by atoms with E-state index in [1.54, 1.807) is 6.07 Å². The topological polar surface area (TPSA) is 51.8 Å². The van der Waals surface area contributed by atoms with E-state index in [0.717, 1.165) is 5.56 Å². The van der Waals surface area contributed by atoms with Crippen LogP contribution in [0, 0.1) is 6.20 Å². The zero-order valence-corrected chi connectivity index (χ0v) is 9.47. The molecule has 0 aliphatic heterocycles. The molecule has 0 fully saturated rings. The van der Waals surface area contributed by atoms with Gasteiger partial charge in [-0.25, -0.2) is 0 Å². The smallest absolute Gasteiger partial charge is 0.0616 e. The number of anilines is 1. The standard InChI is InChI=1S/C7H10N3.W/c1-5(2)6-3-7(8)10-9-4-6;/h3,5H,1-2H3,(H2,8,10);/q-1;. The molecule has 0 saturated heterocycles. The van der Waals surface area contributed by atoms with Crippen molar-refractivity contribution in [3.63, 3.8) is 0 Å². The van der Waals surface area contributed by atoms with Gasteiger partial charge in [-0.2, -0.15) is 16.7 Å². The molecule has 0 atom stereocenters. The van der Waals surface area contributed by atoms with Gasteiger partial charge in [0.15, 0.2) is 0 Å². The van der Waals surface area contributed by atoms with Crippen LogP contribution >= 0.6 is 0 Å². The molecule has 0 saturated carbocycles. The van der Waals surface area contributed by atoms with Crippen LogP contribution in [0.5, 0.6) is 0 Å². The molecule has 0 unspecified atom stereocenters. The molecular weight excluding hydrogens is 310 g/mol. The summed E-state index contributed by atoms with van der Waals surface area (Å²) in [6.45, 7) is 4.12. The van der Waals surface area contributed by atoms with Crippen LogP contribution in [0.2, 0.25) is 0 Å². The number of nitrogens with two attached hydrogens (primary N) is 1. The van der Waals surface area contributed by atoms with Crippen LogP contribution in [-0.4, -0.2) is 10.2 Å². The summed E-state index contributed by atoms with van der Waals surface area (Å²) in [5, 5.41) is 7.20. The predicted molar refractivity (Wildman–Crippen MR) is 39.4 cm³/mol. The quantitative estimate of drug-likeness (QED) is 0.785. The molecule has 0 aromatic carbocycles. The van der Waals surface area contributed by atoms with Crippen LogP contribution in [0.3, 0.4) is 0 Å². The number of nitrogen functional groups attached to an aromatic ring is 1. The van der Waals surface area contributed by atoms with Gasteiger partial charge in [0.05, 0.1) is 5.82 Å². The van der Waals surface area contributed by atoms with E-state index >= 15 is 0 Å². The third kappa shape index (κ3) is 2.98. The summed E-state index contributed by atoms with van der Waals surface area (Å²) in [5.74, 6) is 0.875. The first-order valence-corrected chi connectivity index (χ1v) is 3.21. The van der Waals surface area contributed by atoms with E-state index in [-0.39, 0.29) is 21.1 Å². The van der Waals surface area contributed by atoms with E-state index < -0.39 is 0 Å². The minimum Gasteiger partial charge on any atom is -0.397 e. The van der Waals surface area contributed by atoms with Crippen molar-refractivity contribution in [1.82, 2.24) is 10.2 Å². The summed E-state index contributed by atoms with van der Waals surface area (Å²) in [4.78, 5) is 0. The number of hydrogen-bond donors (Lipinski definition) is 1. The van der Waals surface area contributed by atoms with E-state index in [1.807, 2.05) is 0 Å². The van der Waals surface area contributed by atoms with Crippen molar-refractivity contribution >= 4 is 5.82 Å². The molecule has 0 spiro atoms. The van der Waals surface area contributed by atoms with Gasteiger partial charge in [0, 0.05) is 21.1 Å². The third-order valence-electron chi connectivity index (χ3n) is 1.27. The normalized spacial score (nSPS) is 9.36. The SMILES string of the molecule is CC(C)c1[c-]nnc(N)c1.[W]. The Kier molecular flexibility index (Phi) is 4.27. The fourth-order valence-corrected chi connectivity index (χ4v) is 0.657. The Hall–Kier alpha value is -0.432. The molecule has 4 heteroatoms. The fourth-order valence-electron chi connectivity index (χ4n) is 0.657. The molecule has 0 amide bonds. The van der Waals surface area contributed by atoms with E-state index in [2.05, 4.69) is 30.2 Å². The third-order valence-corrected chi connectivity index (χ3v) is 1.27. The monoisotopic (exact) mass is 320 g/mol. The molecule has 1 heterocycles. The average Bonchev–Trinajstić information content (AvgIpc) is 1.88. The average molecular weight is 320 g/mol. The van der Waals surface area contributed by atoms with Crippen molar-refractivity contribution in [2.45, 2.75) is 19.8 Å². The van der Waals surface area contributed by atoms with Gasteiger partial charge < -0.3 is 5.73 Å². The Labute approximate surface area is 80.7 Å². The van der Waals surface area contributed by atoms with E-state index in [9.17, 15) is 0 Å². The van der Waals surface area contributed by atoms with Crippen molar-refractivity contribution in [3.05, 3.63) is 17.8 Å². The Morgan fingerprint density at radius 3 is 2.55 bits per heavy atom. The minimum atomic E-state index is 0. The Balaban J connectivity index is 0.000001000. The van der Waals surface area contributed by atoms with Crippen LogP contribution in [0.15, 0.2) is 6.07 Å². The molecule has 11 heavy (non-hydrogen) atoms. The Morgan fingerprint density at radius 1 is 1.55 bits per heavy atom. The van der Waals surface area contributed by atoms with Crippen LogP contribution in [0.25, 0.3) is 0 Å². The van der Waals surface area contributed by atoms with Crippen LogP contribution in [0.1, 0.15) is 25.3 Å². The zero-order valence-electron chi connectivity index (χ0n) is 6.53. The first kappa shape index (κ1) is 10.6. The van der Waals surface area contributed by atoms with Gasteiger partial charge in [0.2, 0.25) is 0 Å². The van der Waals surface area contributed by atoms with E-state index in [4.69, 9.17) is 5.73 Å². The second-order valence-electron chi connectivity index (χ2n) is 2.49. The summed E-state index contributed by atoms with van der Waals surface area (Å²) in [5.41, 5.74) is 6.41. The summed E-state index contributed by atoms with van der Waals surface area (Å²) < 4.78 is 0. The van der Waals surface area contributed by atoms with Crippen LogP contribution in [0.4, 0.5) is 5.82 Å². The van der Waals surface area contributed by atoms with Gasteiger partial charge in [0.25, 0.3) is 0 Å². The maximum absolute atomic E-state index is 5.40. The molecule has 2 N–H and O–H groups in total. The van der Waals surface area contributed by atoms with Gasteiger partial charge in [-0.05, 0) is 0 Å².